The van der Waals surface area contributed by atoms with E-state index in [-0.39, 0.29) is 10.8 Å². The molecule has 1 aromatic heterocycles. The minimum atomic E-state index is -0.191. The maximum atomic E-state index is 12.0. The zero-order valence-electron chi connectivity index (χ0n) is 13.1. The lowest BCUT2D eigenvalue weighted by Crippen LogP contribution is -2.15. The Balaban J connectivity index is 2.00. The average Bonchev–Trinajstić information content (AvgIpc) is 3.08. The summed E-state index contributed by atoms with van der Waals surface area (Å²) in [5.74, 6) is -0.0157. The first kappa shape index (κ1) is 15.7. The first-order valence-electron chi connectivity index (χ1n) is 7.45. The van der Waals surface area contributed by atoms with Crippen LogP contribution in [0.3, 0.4) is 0 Å². The fraction of sp³-hybridized carbons (Fsp3) is 0.294. The lowest BCUT2D eigenvalue weighted by Gasteiger charge is -2.04. The van der Waals surface area contributed by atoms with Crippen molar-refractivity contribution in [2.45, 2.75) is 19.9 Å². The van der Waals surface area contributed by atoms with Crippen molar-refractivity contribution in [2.24, 2.45) is 4.99 Å². The lowest BCUT2D eigenvalue weighted by molar-refractivity contribution is 0.183. The van der Waals surface area contributed by atoms with Gasteiger partial charge in [-0.25, -0.2) is 0 Å². The number of nitrogens with zero attached hydrogens (tertiary/aromatic N) is 2. The van der Waals surface area contributed by atoms with Gasteiger partial charge in [0.1, 0.15) is 0 Å². The molecule has 2 aromatic rings. The second-order valence-electron chi connectivity index (χ2n) is 5.22. The van der Waals surface area contributed by atoms with Gasteiger partial charge >= 0.3 is 4.87 Å². The van der Waals surface area contributed by atoms with Crippen molar-refractivity contribution in [3.05, 3.63) is 43.9 Å². The van der Waals surface area contributed by atoms with Crippen molar-refractivity contribution >= 4 is 34.9 Å². The number of aliphatic imine (C=N–C) groups is 1. The van der Waals surface area contributed by atoms with E-state index in [1.54, 1.807) is 13.3 Å². The number of para-hydroxylation sites is 1. The van der Waals surface area contributed by atoms with Crippen LogP contribution in [0, 0.1) is 0 Å². The highest BCUT2D eigenvalue weighted by Crippen LogP contribution is 2.37. The summed E-state index contributed by atoms with van der Waals surface area (Å²) in [6.07, 6.45) is 4.52. The molecule has 1 aliphatic rings. The molecule has 1 aromatic carbocycles. The fourth-order valence-electron chi connectivity index (χ4n) is 2.61. The second-order valence-corrected chi connectivity index (χ2v) is 6.22. The first-order chi connectivity index (χ1) is 11.2. The summed E-state index contributed by atoms with van der Waals surface area (Å²) in [5, 5.41) is 10.3. The third-order valence-corrected chi connectivity index (χ3v) is 4.76. The van der Waals surface area contributed by atoms with E-state index in [0.29, 0.717) is 18.0 Å². The highest BCUT2D eigenvalue weighted by atomic mass is 32.1. The Morgan fingerprint density at radius 1 is 1.43 bits per heavy atom. The van der Waals surface area contributed by atoms with Gasteiger partial charge in [0.25, 0.3) is 0 Å². The van der Waals surface area contributed by atoms with Gasteiger partial charge in [-0.05, 0) is 18.1 Å². The van der Waals surface area contributed by atoms with E-state index in [0.717, 1.165) is 34.6 Å². The molecule has 6 heteroatoms. The van der Waals surface area contributed by atoms with Crippen molar-refractivity contribution in [1.82, 2.24) is 4.57 Å². The van der Waals surface area contributed by atoms with E-state index in [9.17, 15) is 9.90 Å². The minimum Gasteiger partial charge on any atom is -0.493 e. The minimum absolute atomic E-state index is 0.0157. The number of aryl methyl sites for hydroxylation is 1. The summed E-state index contributed by atoms with van der Waals surface area (Å²) in [6, 6.07) is 6.08. The number of thiazole rings is 1. The van der Waals surface area contributed by atoms with Crippen LogP contribution in [0.5, 0.6) is 5.88 Å². The molecule has 1 aliphatic heterocycles. The third-order valence-electron chi connectivity index (χ3n) is 3.84. The number of hydrogen-bond acceptors (Lipinski definition) is 5. The Bertz CT molecular complexity index is 846. The average molecular weight is 330 g/mol. The number of aromatic nitrogens is 1. The quantitative estimate of drug-likeness (QED) is 0.916. The van der Waals surface area contributed by atoms with E-state index in [1.165, 1.54) is 10.1 Å². The number of allylic oxidation sites excluding steroid dienone is 1. The lowest BCUT2D eigenvalue weighted by atomic mass is 10.0. The Kier molecular flexibility index (Phi) is 4.45. The summed E-state index contributed by atoms with van der Waals surface area (Å²) in [5.41, 5.74) is 4.11. The largest absolute Gasteiger partial charge is 0.493 e. The molecule has 1 N–H and O–H groups in total. The van der Waals surface area contributed by atoms with E-state index in [1.807, 2.05) is 18.2 Å². The number of hydrogen-bond donors (Lipinski definition) is 1. The van der Waals surface area contributed by atoms with Gasteiger partial charge in [0.05, 0.1) is 23.7 Å². The number of rotatable bonds is 5. The van der Waals surface area contributed by atoms with E-state index >= 15 is 0 Å². The molecular weight excluding hydrogens is 312 g/mol. The predicted octanol–water partition coefficient (Wildman–Crippen LogP) is 3.08. The van der Waals surface area contributed by atoms with Crippen LogP contribution >= 0.6 is 11.3 Å². The molecule has 0 bridgehead atoms. The molecule has 0 fully saturated rings. The van der Waals surface area contributed by atoms with Crippen LogP contribution in [-0.2, 0) is 17.7 Å². The standard InChI is InChI=1S/C17H18N2O3S/c1-3-11-5-4-6-13-12(10-18-15(11)13)9-14-16(20)19(7-8-22-2)17(21)23-14/h4-6,9-10,20H,3,7-8H2,1-2H3. The van der Waals surface area contributed by atoms with Crippen molar-refractivity contribution in [2.75, 3.05) is 13.7 Å². The van der Waals surface area contributed by atoms with Crippen molar-refractivity contribution in [3.8, 4) is 5.88 Å². The molecule has 120 valence electrons. The van der Waals surface area contributed by atoms with Gasteiger partial charge in [0.2, 0.25) is 5.88 Å². The van der Waals surface area contributed by atoms with Crippen LogP contribution in [0.25, 0.3) is 11.6 Å². The molecule has 0 saturated heterocycles. The number of methoxy groups -OCH3 is 1. The zero-order valence-corrected chi connectivity index (χ0v) is 13.9. The van der Waals surface area contributed by atoms with Gasteiger partial charge in [-0.1, -0.05) is 36.5 Å². The van der Waals surface area contributed by atoms with Crippen LogP contribution in [-0.4, -0.2) is 29.6 Å². The molecule has 0 atom stereocenters. The highest BCUT2D eigenvalue weighted by Gasteiger charge is 2.17. The normalized spacial score (nSPS) is 14.6. The van der Waals surface area contributed by atoms with Crippen LogP contribution in [0.4, 0.5) is 5.69 Å². The topological polar surface area (TPSA) is 63.8 Å². The van der Waals surface area contributed by atoms with E-state index in [4.69, 9.17) is 4.74 Å². The molecule has 5 nitrogen and oxygen atoms in total. The van der Waals surface area contributed by atoms with Crippen LogP contribution in [0.2, 0.25) is 0 Å². The molecule has 23 heavy (non-hydrogen) atoms. The van der Waals surface area contributed by atoms with E-state index in [2.05, 4.69) is 18.0 Å². The maximum absolute atomic E-state index is 12.0. The molecule has 0 unspecified atom stereocenters. The summed E-state index contributed by atoms with van der Waals surface area (Å²) in [7, 11) is 1.56. The van der Waals surface area contributed by atoms with Gasteiger partial charge < -0.3 is 9.84 Å². The van der Waals surface area contributed by atoms with Gasteiger partial charge in [0, 0.05) is 24.5 Å². The van der Waals surface area contributed by atoms with Gasteiger partial charge in [0.15, 0.2) is 0 Å². The van der Waals surface area contributed by atoms with Gasteiger partial charge in [-0.3, -0.25) is 14.4 Å². The predicted molar refractivity (Wildman–Crippen MR) is 94.0 cm³/mol. The van der Waals surface area contributed by atoms with Gasteiger partial charge in [-0.15, -0.1) is 0 Å². The molecule has 0 amide bonds. The van der Waals surface area contributed by atoms with Crippen LogP contribution < -0.4 is 4.87 Å². The van der Waals surface area contributed by atoms with Crippen molar-refractivity contribution in [3.63, 3.8) is 0 Å². The molecule has 0 aliphatic carbocycles. The zero-order chi connectivity index (χ0) is 16.4. The summed E-state index contributed by atoms with van der Waals surface area (Å²) < 4.78 is 6.30. The maximum Gasteiger partial charge on any atom is 0.310 e. The second kappa shape index (κ2) is 6.52. The molecule has 0 radical (unpaired) electrons. The van der Waals surface area contributed by atoms with E-state index < -0.39 is 0 Å². The van der Waals surface area contributed by atoms with Crippen molar-refractivity contribution < 1.29 is 9.84 Å². The molecule has 3 rings (SSSR count). The highest BCUT2D eigenvalue weighted by molar-refractivity contribution is 7.10. The smallest absolute Gasteiger partial charge is 0.310 e. The molecule has 2 heterocycles. The van der Waals surface area contributed by atoms with Crippen LogP contribution in [0.15, 0.2) is 28.0 Å². The Morgan fingerprint density at radius 2 is 2.26 bits per heavy atom. The molecular formula is C17H18N2O3S. The summed E-state index contributed by atoms with van der Waals surface area (Å²) in [6.45, 7) is 2.82. The SMILES string of the molecule is CCc1cccc2c1N=CC2=Cc1sc(=O)n(CCOC)c1O. The Labute approximate surface area is 138 Å². The first-order valence-corrected chi connectivity index (χ1v) is 8.27. The summed E-state index contributed by atoms with van der Waals surface area (Å²) in [4.78, 5) is 16.8. The fourth-order valence-corrected chi connectivity index (χ4v) is 3.47. The van der Waals surface area contributed by atoms with Crippen molar-refractivity contribution in [1.29, 1.82) is 0 Å². The number of benzene rings is 1. The number of ether oxygens (including phenoxy) is 1. The number of aromatic hydroxyl groups is 1. The monoisotopic (exact) mass is 330 g/mol. The summed E-state index contributed by atoms with van der Waals surface area (Å²) >= 11 is 1.03. The van der Waals surface area contributed by atoms with Crippen LogP contribution in [0.1, 0.15) is 22.9 Å². The Hall–Kier alpha value is -2.18. The Morgan fingerprint density at radius 3 is 3.00 bits per heavy atom. The third kappa shape index (κ3) is 2.87. The molecule has 0 spiro atoms. The van der Waals surface area contributed by atoms with Gasteiger partial charge in [-0.2, -0.15) is 0 Å². The number of fused-ring (bicyclic) bond motifs is 1. The molecule has 0 saturated carbocycles.